The summed E-state index contributed by atoms with van der Waals surface area (Å²) in [7, 11) is 1.96. The van der Waals surface area contributed by atoms with Crippen LogP contribution in [0.5, 0.6) is 0 Å². The first kappa shape index (κ1) is 12.0. The average Bonchev–Trinajstić information content (AvgIpc) is 2.42. The van der Waals surface area contributed by atoms with Gasteiger partial charge in [-0.1, -0.05) is 0 Å². The van der Waals surface area contributed by atoms with Crippen molar-refractivity contribution in [2.24, 2.45) is 7.05 Å². The van der Waals surface area contributed by atoms with Crippen LogP contribution in [0.4, 0.5) is 5.69 Å². The number of nitrogens with one attached hydrogen (secondary N) is 1. The molecule has 1 N–H and O–H groups in total. The van der Waals surface area contributed by atoms with E-state index in [2.05, 4.69) is 24.3 Å². The van der Waals surface area contributed by atoms with E-state index in [1.54, 1.807) is 0 Å². The average molecular weight is 211 g/mol. The number of nitrogens with zero attached hydrogens (tertiary/aromatic N) is 2. The first-order chi connectivity index (χ1) is 7.06. The predicted octanol–water partition coefficient (Wildman–Crippen LogP) is 1.87. The van der Waals surface area contributed by atoms with E-state index < -0.39 is 0 Å². The highest BCUT2D eigenvalue weighted by Crippen LogP contribution is 2.19. The standard InChI is InChI=1S/C11H21N3O/c1-6-15-7-8(2)12-11-9(3)13-14(5)10(11)4/h8,12H,6-7H2,1-5H3. The van der Waals surface area contributed by atoms with Gasteiger partial charge in [0.2, 0.25) is 0 Å². The second-order valence-electron chi connectivity index (χ2n) is 3.87. The molecule has 1 aromatic heterocycles. The minimum atomic E-state index is 0.312. The second-order valence-corrected chi connectivity index (χ2v) is 3.87. The van der Waals surface area contributed by atoms with Crippen molar-refractivity contribution >= 4 is 5.69 Å². The van der Waals surface area contributed by atoms with Gasteiger partial charge in [0.25, 0.3) is 0 Å². The lowest BCUT2D eigenvalue weighted by atomic mass is 10.2. The first-order valence-corrected chi connectivity index (χ1v) is 5.40. The molecule has 4 nitrogen and oxygen atoms in total. The summed E-state index contributed by atoms with van der Waals surface area (Å²) in [6.07, 6.45) is 0. The van der Waals surface area contributed by atoms with Crippen LogP contribution in [0.1, 0.15) is 25.2 Å². The molecule has 86 valence electrons. The first-order valence-electron chi connectivity index (χ1n) is 5.40. The van der Waals surface area contributed by atoms with Crippen molar-refractivity contribution < 1.29 is 4.74 Å². The Morgan fingerprint density at radius 2 is 2.13 bits per heavy atom. The zero-order valence-electron chi connectivity index (χ0n) is 10.3. The van der Waals surface area contributed by atoms with E-state index in [4.69, 9.17) is 4.74 Å². The van der Waals surface area contributed by atoms with Gasteiger partial charge in [-0.2, -0.15) is 5.10 Å². The van der Waals surface area contributed by atoms with Crippen LogP contribution in [-0.2, 0) is 11.8 Å². The summed E-state index contributed by atoms with van der Waals surface area (Å²) >= 11 is 0. The Labute approximate surface area is 91.6 Å². The van der Waals surface area contributed by atoms with Crippen LogP contribution >= 0.6 is 0 Å². The van der Waals surface area contributed by atoms with Crippen LogP contribution in [0.3, 0.4) is 0 Å². The van der Waals surface area contributed by atoms with Gasteiger partial charge in [-0.25, -0.2) is 0 Å². The van der Waals surface area contributed by atoms with Gasteiger partial charge in [-0.3, -0.25) is 4.68 Å². The van der Waals surface area contributed by atoms with Crippen LogP contribution in [0.2, 0.25) is 0 Å². The smallest absolute Gasteiger partial charge is 0.0827 e. The largest absolute Gasteiger partial charge is 0.380 e. The summed E-state index contributed by atoms with van der Waals surface area (Å²) in [5.74, 6) is 0. The summed E-state index contributed by atoms with van der Waals surface area (Å²) in [6.45, 7) is 9.69. The summed E-state index contributed by atoms with van der Waals surface area (Å²) < 4.78 is 7.26. The van der Waals surface area contributed by atoms with Gasteiger partial charge >= 0.3 is 0 Å². The normalized spacial score (nSPS) is 12.9. The molecule has 1 unspecified atom stereocenters. The topological polar surface area (TPSA) is 39.1 Å². The maximum atomic E-state index is 5.36. The minimum Gasteiger partial charge on any atom is -0.380 e. The van der Waals surface area contributed by atoms with E-state index in [9.17, 15) is 0 Å². The molecule has 0 aromatic carbocycles. The fourth-order valence-electron chi connectivity index (χ4n) is 1.57. The van der Waals surface area contributed by atoms with Gasteiger partial charge in [0.05, 0.1) is 23.7 Å². The van der Waals surface area contributed by atoms with Crippen molar-refractivity contribution in [1.29, 1.82) is 0 Å². The van der Waals surface area contributed by atoms with Crippen molar-refractivity contribution in [2.75, 3.05) is 18.5 Å². The van der Waals surface area contributed by atoms with Crippen molar-refractivity contribution in [3.05, 3.63) is 11.4 Å². The maximum Gasteiger partial charge on any atom is 0.0827 e. The van der Waals surface area contributed by atoms with Crippen LogP contribution in [-0.4, -0.2) is 29.0 Å². The third-order valence-electron chi connectivity index (χ3n) is 2.47. The molecular formula is C11H21N3O. The molecule has 15 heavy (non-hydrogen) atoms. The quantitative estimate of drug-likeness (QED) is 0.808. The molecule has 0 spiro atoms. The van der Waals surface area contributed by atoms with Crippen molar-refractivity contribution in [1.82, 2.24) is 9.78 Å². The maximum absolute atomic E-state index is 5.36. The minimum absolute atomic E-state index is 0.312. The molecule has 0 aliphatic carbocycles. The Bertz CT molecular complexity index is 320. The third kappa shape index (κ3) is 2.96. The number of anilines is 1. The zero-order chi connectivity index (χ0) is 11.4. The van der Waals surface area contributed by atoms with Crippen molar-refractivity contribution in [2.45, 2.75) is 33.7 Å². The molecule has 0 saturated heterocycles. The summed E-state index contributed by atoms with van der Waals surface area (Å²) in [6, 6.07) is 0.312. The molecule has 0 aliphatic rings. The molecule has 0 bridgehead atoms. The molecule has 0 amide bonds. The Hall–Kier alpha value is -1.03. The van der Waals surface area contributed by atoms with Gasteiger partial charge in [-0.05, 0) is 27.7 Å². The van der Waals surface area contributed by atoms with Crippen molar-refractivity contribution in [3.8, 4) is 0 Å². The lowest BCUT2D eigenvalue weighted by Gasteiger charge is -2.15. The molecule has 1 aromatic rings. The van der Waals surface area contributed by atoms with E-state index in [1.807, 2.05) is 25.6 Å². The molecule has 0 saturated carbocycles. The summed E-state index contributed by atoms with van der Waals surface area (Å²) in [4.78, 5) is 0. The van der Waals surface area contributed by atoms with Gasteiger partial charge < -0.3 is 10.1 Å². The fraction of sp³-hybridized carbons (Fsp3) is 0.727. The fourth-order valence-corrected chi connectivity index (χ4v) is 1.57. The molecule has 0 aliphatic heterocycles. The second kappa shape index (κ2) is 5.16. The zero-order valence-corrected chi connectivity index (χ0v) is 10.3. The van der Waals surface area contributed by atoms with Crippen LogP contribution < -0.4 is 5.32 Å². The Kier molecular flexibility index (Phi) is 4.15. The van der Waals surface area contributed by atoms with E-state index in [0.29, 0.717) is 6.04 Å². The molecule has 1 heterocycles. The van der Waals surface area contributed by atoms with Crippen LogP contribution in [0, 0.1) is 13.8 Å². The van der Waals surface area contributed by atoms with E-state index in [-0.39, 0.29) is 0 Å². The van der Waals surface area contributed by atoms with Crippen LogP contribution in [0.25, 0.3) is 0 Å². The molecular weight excluding hydrogens is 190 g/mol. The Morgan fingerprint density at radius 1 is 1.47 bits per heavy atom. The van der Waals surface area contributed by atoms with Gasteiger partial charge in [0, 0.05) is 19.7 Å². The third-order valence-corrected chi connectivity index (χ3v) is 2.47. The van der Waals surface area contributed by atoms with Gasteiger partial charge in [0.15, 0.2) is 0 Å². The molecule has 0 fully saturated rings. The Balaban J connectivity index is 2.63. The number of hydrogen-bond acceptors (Lipinski definition) is 3. The van der Waals surface area contributed by atoms with E-state index in [0.717, 1.165) is 30.3 Å². The van der Waals surface area contributed by atoms with Crippen molar-refractivity contribution in [3.63, 3.8) is 0 Å². The molecule has 4 heteroatoms. The number of ether oxygens (including phenoxy) is 1. The highest BCUT2D eigenvalue weighted by Gasteiger charge is 2.11. The summed E-state index contributed by atoms with van der Waals surface area (Å²) in [5.41, 5.74) is 3.33. The lowest BCUT2D eigenvalue weighted by Crippen LogP contribution is -2.22. The number of aryl methyl sites for hydroxylation is 2. The highest BCUT2D eigenvalue weighted by molar-refractivity contribution is 5.52. The molecule has 0 radical (unpaired) electrons. The number of rotatable bonds is 5. The number of hydrogen-bond donors (Lipinski definition) is 1. The predicted molar refractivity (Wildman–Crippen MR) is 62.3 cm³/mol. The van der Waals surface area contributed by atoms with Gasteiger partial charge in [-0.15, -0.1) is 0 Å². The van der Waals surface area contributed by atoms with E-state index >= 15 is 0 Å². The number of aromatic nitrogens is 2. The monoisotopic (exact) mass is 211 g/mol. The van der Waals surface area contributed by atoms with E-state index in [1.165, 1.54) is 0 Å². The highest BCUT2D eigenvalue weighted by atomic mass is 16.5. The molecule has 1 rings (SSSR count). The summed E-state index contributed by atoms with van der Waals surface area (Å²) in [5, 5.41) is 7.78. The van der Waals surface area contributed by atoms with Crippen LogP contribution in [0.15, 0.2) is 0 Å². The molecule has 1 atom stereocenters. The Morgan fingerprint density at radius 3 is 2.60 bits per heavy atom. The SMILES string of the molecule is CCOCC(C)Nc1c(C)nn(C)c1C. The lowest BCUT2D eigenvalue weighted by molar-refractivity contribution is 0.141. The van der Waals surface area contributed by atoms with Gasteiger partial charge in [0.1, 0.15) is 0 Å².